The van der Waals surface area contributed by atoms with Crippen molar-refractivity contribution < 1.29 is 15.0 Å². The molecular weight excluding hydrogens is 370 g/mol. The highest BCUT2D eigenvalue weighted by atomic mass is 16.4. The van der Waals surface area contributed by atoms with Gasteiger partial charge >= 0.3 is 6.09 Å². The van der Waals surface area contributed by atoms with Crippen molar-refractivity contribution >= 4 is 17.4 Å². The molecule has 152 valence electrons. The number of carboxylic acid groups (broad SMARTS) is 1. The molecule has 1 saturated heterocycles. The van der Waals surface area contributed by atoms with Gasteiger partial charge in [0, 0.05) is 30.3 Å². The van der Waals surface area contributed by atoms with E-state index in [1.165, 1.54) is 11.2 Å². The van der Waals surface area contributed by atoms with Crippen LogP contribution in [0.2, 0.25) is 0 Å². The molecule has 1 unspecified atom stereocenters. The van der Waals surface area contributed by atoms with Gasteiger partial charge in [-0.3, -0.25) is 0 Å². The zero-order valence-electron chi connectivity index (χ0n) is 16.4. The monoisotopic (exact) mass is 395 g/mol. The van der Waals surface area contributed by atoms with Crippen LogP contribution in [0.3, 0.4) is 0 Å². The molecule has 0 radical (unpaired) electrons. The lowest BCUT2D eigenvalue weighted by Crippen LogP contribution is -2.38. The van der Waals surface area contributed by atoms with Crippen molar-refractivity contribution in [1.29, 1.82) is 0 Å². The summed E-state index contributed by atoms with van der Waals surface area (Å²) >= 11 is 0. The number of hydrogen-bond donors (Lipinski definition) is 3. The van der Waals surface area contributed by atoms with Crippen LogP contribution in [0.5, 0.6) is 0 Å². The number of anilines is 1. The molecular formula is C21H25N5O3. The number of fused-ring (bicyclic) bond motifs is 1. The molecule has 29 heavy (non-hydrogen) atoms. The molecule has 2 aromatic heterocycles. The molecule has 1 atom stereocenters. The summed E-state index contributed by atoms with van der Waals surface area (Å²) in [5.74, 6) is 0.404. The van der Waals surface area contributed by atoms with Crippen molar-refractivity contribution in [2.24, 2.45) is 0 Å². The largest absolute Gasteiger partial charge is 0.465 e. The van der Waals surface area contributed by atoms with Gasteiger partial charge in [0.2, 0.25) is 0 Å². The van der Waals surface area contributed by atoms with E-state index in [0.717, 1.165) is 47.2 Å². The van der Waals surface area contributed by atoms with Crippen molar-refractivity contribution in [2.45, 2.75) is 38.7 Å². The van der Waals surface area contributed by atoms with Crippen molar-refractivity contribution in [1.82, 2.24) is 19.5 Å². The number of aliphatic hydroxyl groups excluding tert-OH is 1. The maximum absolute atomic E-state index is 11.5. The van der Waals surface area contributed by atoms with E-state index >= 15 is 0 Å². The van der Waals surface area contributed by atoms with Gasteiger partial charge in [0.25, 0.3) is 0 Å². The lowest BCUT2D eigenvalue weighted by atomic mass is 9.94. The Balaban J connectivity index is 1.88. The first-order chi connectivity index (χ1) is 14.0. The first-order valence-corrected chi connectivity index (χ1v) is 9.85. The van der Waals surface area contributed by atoms with Crippen molar-refractivity contribution in [3.8, 4) is 11.1 Å². The molecule has 0 bridgehead atoms. The summed E-state index contributed by atoms with van der Waals surface area (Å²) in [6, 6.07) is 8.09. The Bertz CT molecular complexity index is 1040. The Morgan fingerprint density at radius 3 is 2.79 bits per heavy atom. The molecule has 0 saturated carbocycles. The molecule has 0 spiro atoms. The second kappa shape index (κ2) is 7.71. The van der Waals surface area contributed by atoms with Crippen LogP contribution in [0.4, 0.5) is 10.6 Å². The maximum atomic E-state index is 11.5. The highest BCUT2D eigenvalue weighted by Crippen LogP contribution is 2.36. The van der Waals surface area contributed by atoms with Gasteiger partial charge in [-0.05, 0) is 48.1 Å². The fraction of sp³-hybridized carbons (Fsp3) is 0.381. The van der Waals surface area contributed by atoms with E-state index in [1.807, 2.05) is 18.2 Å². The number of rotatable bonds is 4. The lowest BCUT2D eigenvalue weighted by Gasteiger charge is -2.30. The van der Waals surface area contributed by atoms with Crippen LogP contribution in [-0.2, 0) is 13.0 Å². The number of aromatic nitrogens is 3. The molecule has 1 amide bonds. The number of amides is 1. The first kappa shape index (κ1) is 19.2. The molecule has 1 aliphatic rings. The average Bonchev–Trinajstić information content (AvgIpc) is 3.14. The minimum absolute atomic E-state index is 0.0297. The van der Waals surface area contributed by atoms with Gasteiger partial charge in [0.1, 0.15) is 11.8 Å². The Morgan fingerprint density at radius 2 is 2.07 bits per heavy atom. The van der Waals surface area contributed by atoms with E-state index in [-0.39, 0.29) is 12.5 Å². The number of piperidine rings is 1. The summed E-state index contributed by atoms with van der Waals surface area (Å²) in [5.41, 5.74) is 11.7. The molecule has 4 N–H and O–H groups in total. The van der Waals surface area contributed by atoms with E-state index in [4.69, 9.17) is 5.73 Å². The molecule has 1 aromatic carbocycles. The number of carbonyl (C=O) groups is 1. The summed E-state index contributed by atoms with van der Waals surface area (Å²) in [7, 11) is 0. The van der Waals surface area contributed by atoms with Crippen LogP contribution >= 0.6 is 0 Å². The SMILES string of the molecule is CCc1cc(CO)cc(-c2cc(C3CCCN(C(=O)O)C3)n3ncnc(N)c23)c1. The second-order valence-electron chi connectivity index (χ2n) is 7.51. The molecule has 0 aliphatic carbocycles. The number of aliphatic hydroxyl groups is 1. The van der Waals surface area contributed by atoms with Gasteiger partial charge in [-0.15, -0.1) is 0 Å². The third kappa shape index (κ3) is 3.51. The Kier molecular flexibility index (Phi) is 5.10. The van der Waals surface area contributed by atoms with Gasteiger partial charge in [-0.1, -0.05) is 19.1 Å². The minimum Gasteiger partial charge on any atom is -0.465 e. The fourth-order valence-electron chi connectivity index (χ4n) is 4.21. The van der Waals surface area contributed by atoms with E-state index in [0.29, 0.717) is 24.4 Å². The van der Waals surface area contributed by atoms with Crippen molar-refractivity contribution in [3.05, 3.63) is 47.4 Å². The topological polar surface area (TPSA) is 117 Å². The Morgan fingerprint density at radius 1 is 1.28 bits per heavy atom. The van der Waals surface area contributed by atoms with Gasteiger partial charge in [0.15, 0.2) is 5.82 Å². The quantitative estimate of drug-likeness (QED) is 0.625. The Hall–Kier alpha value is -3.13. The number of nitrogens with two attached hydrogens (primary N) is 1. The summed E-state index contributed by atoms with van der Waals surface area (Å²) < 4.78 is 1.80. The maximum Gasteiger partial charge on any atom is 0.407 e. The number of nitrogens with zero attached hydrogens (tertiary/aromatic N) is 4. The summed E-state index contributed by atoms with van der Waals surface area (Å²) in [6.07, 6.45) is 3.07. The fourth-order valence-corrected chi connectivity index (χ4v) is 4.21. The number of likely N-dealkylation sites (tertiary alicyclic amines) is 1. The molecule has 1 fully saturated rings. The number of nitrogen functional groups attached to an aromatic ring is 1. The van der Waals surface area contributed by atoms with E-state index < -0.39 is 6.09 Å². The first-order valence-electron chi connectivity index (χ1n) is 9.85. The number of aryl methyl sites for hydroxylation is 1. The van der Waals surface area contributed by atoms with Crippen LogP contribution in [0.15, 0.2) is 30.6 Å². The second-order valence-corrected chi connectivity index (χ2v) is 7.51. The molecule has 4 rings (SSSR count). The highest BCUT2D eigenvalue weighted by molar-refractivity contribution is 5.88. The zero-order chi connectivity index (χ0) is 20.5. The predicted molar refractivity (Wildman–Crippen MR) is 110 cm³/mol. The number of hydrogen-bond acceptors (Lipinski definition) is 5. The molecule has 8 heteroatoms. The summed E-state index contributed by atoms with van der Waals surface area (Å²) in [5, 5.41) is 23.5. The van der Waals surface area contributed by atoms with Crippen LogP contribution in [0, 0.1) is 0 Å². The smallest absolute Gasteiger partial charge is 0.407 e. The van der Waals surface area contributed by atoms with E-state index in [9.17, 15) is 15.0 Å². The Labute approximate surface area is 168 Å². The third-order valence-electron chi connectivity index (χ3n) is 5.67. The van der Waals surface area contributed by atoms with E-state index in [1.54, 1.807) is 4.52 Å². The normalized spacial score (nSPS) is 17.0. The van der Waals surface area contributed by atoms with Gasteiger partial charge in [-0.25, -0.2) is 14.3 Å². The van der Waals surface area contributed by atoms with Crippen LogP contribution in [0.1, 0.15) is 42.5 Å². The predicted octanol–water partition coefficient (Wildman–Crippen LogP) is 2.89. The average molecular weight is 395 g/mol. The van der Waals surface area contributed by atoms with Gasteiger partial charge < -0.3 is 20.8 Å². The lowest BCUT2D eigenvalue weighted by molar-refractivity contribution is 0.130. The zero-order valence-corrected chi connectivity index (χ0v) is 16.4. The standard InChI is InChI=1S/C21H25N5O3/c1-2-13-6-14(11-27)8-16(7-13)17-9-18(26-19(17)20(22)23-12-24-26)15-4-3-5-25(10-15)21(28)29/h6-9,12,15,27H,2-5,10-11H2,1H3,(H,28,29)(H2,22,23,24). The molecule has 8 nitrogen and oxygen atoms in total. The molecule has 3 heterocycles. The molecule has 3 aromatic rings. The van der Waals surface area contributed by atoms with Crippen LogP contribution in [-0.4, -0.2) is 48.9 Å². The molecule has 1 aliphatic heterocycles. The van der Waals surface area contributed by atoms with Crippen molar-refractivity contribution in [3.63, 3.8) is 0 Å². The van der Waals surface area contributed by atoms with Crippen molar-refractivity contribution in [2.75, 3.05) is 18.8 Å². The summed E-state index contributed by atoms with van der Waals surface area (Å²) in [6.45, 7) is 3.02. The number of benzene rings is 1. The van der Waals surface area contributed by atoms with Gasteiger partial charge in [0.05, 0.1) is 6.61 Å². The third-order valence-corrected chi connectivity index (χ3v) is 5.67. The summed E-state index contributed by atoms with van der Waals surface area (Å²) in [4.78, 5) is 17.1. The van der Waals surface area contributed by atoms with Gasteiger partial charge in [-0.2, -0.15) is 5.10 Å². The van der Waals surface area contributed by atoms with Crippen LogP contribution < -0.4 is 5.73 Å². The minimum atomic E-state index is -0.895. The highest BCUT2D eigenvalue weighted by Gasteiger charge is 2.28. The van der Waals surface area contributed by atoms with E-state index in [2.05, 4.69) is 23.1 Å². The van der Waals surface area contributed by atoms with Crippen LogP contribution in [0.25, 0.3) is 16.6 Å².